The Bertz CT molecular complexity index is 189. The molecule has 0 aromatic carbocycles. The third kappa shape index (κ3) is 1.68. The van der Waals surface area contributed by atoms with Gasteiger partial charge in [-0.25, -0.2) is 0 Å². The largest absolute Gasteiger partial charge is 0.390 e. The summed E-state index contributed by atoms with van der Waals surface area (Å²) in [5, 5.41) is 9.41. The summed E-state index contributed by atoms with van der Waals surface area (Å²) in [6, 6.07) is 0. The molecule has 1 aliphatic carbocycles. The molecule has 2 atom stereocenters. The van der Waals surface area contributed by atoms with Crippen LogP contribution in [0.2, 0.25) is 0 Å². The fourth-order valence-electron chi connectivity index (χ4n) is 1.12. The van der Waals surface area contributed by atoms with E-state index in [9.17, 15) is 5.11 Å². The summed E-state index contributed by atoms with van der Waals surface area (Å²) in [5.41, 5.74) is 10.5. The molecule has 62 valence electrons. The number of rotatable bonds is 2. The fourth-order valence-corrected chi connectivity index (χ4v) is 1.12. The van der Waals surface area contributed by atoms with Gasteiger partial charge in [0.05, 0.1) is 11.6 Å². The van der Waals surface area contributed by atoms with E-state index in [1.54, 1.807) is 6.08 Å². The van der Waals surface area contributed by atoms with Crippen LogP contribution in [-0.4, -0.2) is 23.3 Å². The van der Waals surface area contributed by atoms with Gasteiger partial charge in [-0.2, -0.15) is 0 Å². The first kappa shape index (κ1) is 8.46. The Labute approximate surface area is 66.4 Å². The molecule has 1 aliphatic rings. The van der Waals surface area contributed by atoms with E-state index in [1.165, 1.54) is 0 Å². The van der Waals surface area contributed by atoms with Gasteiger partial charge in [0.2, 0.25) is 0 Å². The molecule has 0 aromatic rings. The molecule has 0 saturated heterocycles. The third-order valence-electron chi connectivity index (χ3n) is 1.97. The zero-order chi connectivity index (χ0) is 8.32. The second-order valence-corrected chi connectivity index (χ2v) is 2.86. The lowest BCUT2D eigenvalue weighted by Crippen LogP contribution is -2.52. The van der Waals surface area contributed by atoms with Gasteiger partial charge in [0.15, 0.2) is 0 Å². The smallest absolute Gasteiger partial charge is 0.0880 e. The molecule has 0 aliphatic heterocycles. The normalized spacial score (nSPS) is 32.3. The molecule has 1 rings (SSSR count). The molecular weight excluding hydrogens is 140 g/mol. The van der Waals surface area contributed by atoms with E-state index in [-0.39, 0.29) is 6.54 Å². The molecule has 0 amide bonds. The van der Waals surface area contributed by atoms with Crippen molar-refractivity contribution in [3.05, 3.63) is 24.3 Å². The molecule has 0 spiro atoms. The first-order valence-corrected chi connectivity index (χ1v) is 3.70. The molecule has 3 nitrogen and oxygen atoms in total. The molecule has 0 saturated carbocycles. The number of hydrogen-bond acceptors (Lipinski definition) is 3. The first-order chi connectivity index (χ1) is 5.19. The maximum Gasteiger partial charge on any atom is 0.0880 e. The molecule has 0 aromatic heterocycles. The van der Waals surface area contributed by atoms with Crippen molar-refractivity contribution in [3.63, 3.8) is 0 Å². The second-order valence-electron chi connectivity index (χ2n) is 2.86. The van der Waals surface area contributed by atoms with E-state index in [0.29, 0.717) is 6.42 Å². The minimum Gasteiger partial charge on any atom is -0.390 e. The highest BCUT2D eigenvalue weighted by molar-refractivity contribution is 5.22. The summed E-state index contributed by atoms with van der Waals surface area (Å²) in [5.74, 6) is 0. The predicted molar refractivity (Wildman–Crippen MR) is 44.9 cm³/mol. The Morgan fingerprint density at radius 1 is 1.55 bits per heavy atom. The van der Waals surface area contributed by atoms with Gasteiger partial charge in [-0.3, -0.25) is 0 Å². The zero-order valence-electron chi connectivity index (χ0n) is 6.40. The molecule has 11 heavy (non-hydrogen) atoms. The second kappa shape index (κ2) is 3.17. The average molecular weight is 154 g/mol. The molecule has 3 heteroatoms. The van der Waals surface area contributed by atoms with Crippen molar-refractivity contribution in [1.82, 2.24) is 0 Å². The van der Waals surface area contributed by atoms with Crippen LogP contribution < -0.4 is 11.5 Å². The van der Waals surface area contributed by atoms with Gasteiger partial charge in [-0.05, 0) is 6.42 Å². The molecular formula is C8H14N2O. The highest BCUT2D eigenvalue weighted by Gasteiger charge is 2.29. The first-order valence-electron chi connectivity index (χ1n) is 3.70. The van der Waals surface area contributed by atoms with Crippen molar-refractivity contribution in [2.24, 2.45) is 11.5 Å². The molecule has 0 radical (unpaired) electrons. The summed E-state index contributed by atoms with van der Waals surface area (Å²) < 4.78 is 0. The van der Waals surface area contributed by atoms with Crippen LogP contribution in [0.3, 0.4) is 0 Å². The molecule has 5 N–H and O–H groups in total. The topological polar surface area (TPSA) is 72.3 Å². The Morgan fingerprint density at radius 2 is 2.27 bits per heavy atom. The minimum atomic E-state index is -0.649. The van der Waals surface area contributed by atoms with Crippen LogP contribution in [0, 0.1) is 0 Å². The molecule has 0 bridgehead atoms. The number of nitrogens with two attached hydrogens (primary N) is 2. The van der Waals surface area contributed by atoms with E-state index in [2.05, 4.69) is 0 Å². The number of aliphatic hydroxyl groups excluding tert-OH is 1. The maximum atomic E-state index is 9.41. The van der Waals surface area contributed by atoms with Gasteiger partial charge in [0.1, 0.15) is 0 Å². The summed E-state index contributed by atoms with van der Waals surface area (Å²) in [6.07, 6.45) is 7.48. The lowest BCUT2D eigenvalue weighted by molar-refractivity contribution is 0.118. The summed E-state index contributed by atoms with van der Waals surface area (Å²) in [4.78, 5) is 0. The van der Waals surface area contributed by atoms with Crippen molar-refractivity contribution in [1.29, 1.82) is 0 Å². The van der Waals surface area contributed by atoms with E-state index in [4.69, 9.17) is 11.5 Å². The van der Waals surface area contributed by atoms with E-state index < -0.39 is 11.6 Å². The zero-order valence-corrected chi connectivity index (χ0v) is 6.40. The number of hydrogen-bond donors (Lipinski definition) is 3. The van der Waals surface area contributed by atoms with Gasteiger partial charge in [-0.15, -0.1) is 0 Å². The average Bonchev–Trinajstić information content (AvgIpc) is 2.04. The van der Waals surface area contributed by atoms with Crippen LogP contribution >= 0.6 is 0 Å². The van der Waals surface area contributed by atoms with Crippen LogP contribution in [0.15, 0.2) is 24.3 Å². The van der Waals surface area contributed by atoms with Crippen molar-refractivity contribution in [2.75, 3.05) is 6.54 Å². The number of aliphatic hydroxyl groups is 1. The van der Waals surface area contributed by atoms with Crippen molar-refractivity contribution < 1.29 is 5.11 Å². The van der Waals surface area contributed by atoms with Crippen LogP contribution in [0.25, 0.3) is 0 Å². The highest BCUT2D eigenvalue weighted by atomic mass is 16.3. The molecule has 2 unspecified atom stereocenters. The quantitative estimate of drug-likeness (QED) is 0.503. The van der Waals surface area contributed by atoms with Crippen molar-refractivity contribution >= 4 is 0 Å². The number of allylic oxidation sites excluding steroid dienone is 2. The Hall–Kier alpha value is -0.640. The maximum absolute atomic E-state index is 9.41. The monoisotopic (exact) mass is 154 g/mol. The summed E-state index contributed by atoms with van der Waals surface area (Å²) in [6.45, 7) is 0.203. The van der Waals surface area contributed by atoms with Gasteiger partial charge in [0, 0.05) is 6.54 Å². The fraction of sp³-hybridized carbons (Fsp3) is 0.500. The Morgan fingerprint density at radius 3 is 2.73 bits per heavy atom. The van der Waals surface area contributed by atoms with Gasteiger partial charge in [0.25, 0.3) is 0 Å². The van der Waals surface area contributed by atoms with Crippen molar-refractivity contribution in [3.8, 4) is 0 Å². The van der Waals surface area contributed by atoms with E-state index in [1.807, 2.05) is 18.2 Å². The predicted octanol–water partition coefficient (Wildman–Crippen LogP) is -0.480. The minimum absolute atomic E-state index is 0.203. The standard InChI is InChI=1S/C8H14N2O/c9-6-7(11)8(10)4-2-1-3-5-8/h1-4,7,11H,5-6,9-10H2. The van der Waals surface area contributed by atoms with Crippen LogP contribution in [0.4, 0.5) is 0 Å². The van der Waals surface area contributed by atoms with Crippen molar-refractivity contribution in [2.45, 2.75) is 18.1 Å². The lowest BCUT2D eigenvalue weighted by atomic mass is 9.87. The molecule has 0 fully saturated rings. The van der Waals surface area contributed by atoms with Crippen LogP contribution in [0.1, 0.15) is 6.42 Å². The van der Waals surface area contributed by atoms with Gasteiger partial charge < -0.3 is 16.6 Å². The van der Waals surface area contributed by atoms with E-state index in [0.717, 1.165) is 0 Å². The Balaban J connectivity index is 2.67. The SMILES string of the molecule is NCC(O)C1(N)C=CC=CC1. The lowest BCUT2D eigenvalue weighted by Gasteiger charge is -2.30. The highest BCUT2D eigenvalue weighted by Crippen LogP contribution is 2.17. The molecule has 0 heterocycles. The Kier molecular flexibility index (Phi) is 2.44. The van der Waals surface area contributed by atoms with Crippen LogP contribution in [-0.2, 0) is 0 Å². The summed E-state index contributed by atoms with van der Waals surface area (Å²) in [7, 11) is 0. The van der Waals surface area contributed by atoms with Gasteiger partial charge in [-0.1, -0.05) is 24.3 Å². The third-order valence-corrected chi connectivity index (χ3v) is 1.97. The van der Waals surface area contributed by atoms with E-state index >= 15 is 0 Å². The summed E-state index contributed by atoms with van der Waals surface area (Å²) >= 11 is 0. The van der Waals surface area contributed by atoms with Gasteiger partial charge >= 0.3 is 0 Å². The van der Waals surface area contributed by atoms with Crippen LogP contribution in [0.5, 0.6) is 0 Å².